The van der Waals surface area contributed by atoms with Crippen LogP contribution in [0.3, 0.4) is 0 Å². The van der Waals surface area contributed by atoms with Crippen LogP contribution in [0, 0.1) is 0 Å². The molecule has 0 aliphatic rings. The summed E-state index contributed by atoms with van der Waals surface area (Å²) in [7, 11) is 0. The summed E-state index contributed by atoms with van der Waals surface area (Å²) < 4.78 is 42.5. The van der Waals surface area contributed by atoms with Gasteiger partial charge in [-0.1, -0.05) is 17.3 Å². The molecule has 0 spiro atoms. The second-order valence-corrected chi connectivity index (χ2v) is 5.64. The van der Waals surface area contributed by atoms with Gasteiger partial charge in [0.15, 0.2) is 5.82 Å². The van der Waals surface area contributed by atoms with E-state index in [9.17, 15) is 18.0 Å². The zero-order valence-electron chi connectivity index (χ0n) is 14.0. The first-order chi connectivity index (χ1) is 12.9. The van der Waals surface area contributed by atoms with Crippen molar-refractivity contribution in [1.29, 1.82) is 0 Å². The van der Waals surface area contributed by atoms with Crippen LogP contribution in [0.1, 0.15) is 23.4 Å². The van der Waals surface area contributed by atoms with E-state index >= 15 is 0 Å². The number of nitrogens with zero attached hydrogens (tertiary/aromatic N) is 4. The summed E-state index contributed by atoms with van der Waals surface area (Å²) >= 11 is 0. The van der Waals surface area contributed by atoms with Gasteiger partial charge in [-0.25, -0.2) is 4.98 Å². The second-order valence-electron chi connectivity index (χ2n) is 5.64. The van der Waals surface area contributed by atoms with E-state index in [1.807, 2.05) is 0 Å². The fourth-order valence-corrected chi connectivity index (χ4v) is 2.28. The normalized spacial score (nSPS) is 11.5. The quantitative estimate of drug-likeness (QED) is 0.650. The number of carbonyl (C=O) groups excluding carboxylic acids is 1. The molecule has 2 aromatic heterocycles. The van der Waals surface area contributed by atoms with Gasteiger partial charge in [-0.3, -0.25) is 9.89 Å². The lowest BCUT2D eigenvalue weighted by atomic mass is 10.1. The van der Waals surface area contributed by atoms with Gasteiger partial charge in [0.25, 0.3) is 0 Å². The summed E-state index contributed by atoms with van der Waals surface area (Å²) in [5.74, 6) is 0.692. The van der Waals surface area contributed by atoms with E-state index in [1.54, 1.807) is 0 Å². The van der Waals surface area contributed by atoms with Crippen LogP contribution in [0.5, 0.6) is 0 Å². The minimum absolute atomic E-state index is 0.144. The summed E-state index contributed by atoms with van der Waals surface area (Å²) in [6.45, 7) is 0.317. The second kappa shape index (κ2) is 7.98. The molecule has 1 amide bonds. The van der Waals surface area contributed by atoms with Crippen molar-refractivity contribution in [2.45, 2.75) is 25.4 Å². The molecule has 2 N–H and O–H groups in total. The molecule has 0 aliphatic carbocycles. The Balaban J connectivity index is 1.40. The molecule has 27 heavy (non-hydrogen) atoms. The first kappa shape index (κ1) is 18.5. The predicted octanol–water partition coefficient (Wildman–Crippen LogP) is 2.17. The van der Waals surface area contributed by atoms with E-state index in [2.05, 4.69) is 30.6 Å². The number of H-pyrrole nitrogens is 1. The summed E-state index contributed by atoms with van der Waals surface area (Å²) in [4.78, 5) is 19.8. The Hall–Kier alpha value is -3.24. The SMILES string of the molecule is O=C(CCc1nc(-c2ncn[nH]2)no1)NCCc1ccc(C(F)(F)F)cc1. The van der Waals surface area contributed by atoms with Crippen LogP contribution in [0.25, 0.3) is 11.6 Å². The number of aryl methyl sites for hydroxylation is 1. The molecule has 11 heteroatoms. The highest BCUT2D eigenvalue weighted by Gasteiger charge is 2.29. The number of hydrogen-bond acceptors (Lipinski definition) is 6. The number of aromatic nitrogens is 5. The fraction of sp³-hybridized carbons (Fsp3) is 0.312. The van der Waals surface area contributed by atoms with Crippen LogP contribution < -0.4 is 5.32 Å². The molecule has 3 rings (SSSR count). The van der Waals surface area contributed by atoms with Gasteiger partial charge >= 0.3 is 6.18 Å². The third-order valence-corrected chi connectivity index (χ3v) is 3.68. The van der Waals surface area contributed by atoms with Crippen molar-refractivity contribution in [2.75, 3.05) is 6.54 Å². The molecule has 0 radical (unpaired) electrons. The monoisotopic (exact) mass is 380 g/mol. The number of rotatable bonds is 7. The first-order valence-corrected chi connectivity index (χ1v) is 8.03. The molecule has 3 aromatic rings. The first-order valence-electron chi connectivity index (χ1n) is 8.03. The molecule has 0 aliphatic heterocycles. The number of alkyl halides is 3. The van der Waals surface area contributed by atoms with Crippen LogP contribution in [-0.2, 0) is 23.8 Å². The molecule has 0 unspecified atom stereocenters. The third-order valence-electron chi connectivity index (χ3n) is 3.68. The zero-order chi connectivity index (χ0) is 19.3. The molecular weight excluding hydrogens is 365 g/mol. The van der Waals surface area contributed by atoms with Crippen LogP contribution in [0.4, 0.5) is 13.2 Å². The third kappa shape index (κ3) is 5.12. The maximum Gasteiger partial charge on any atom is 0.416 e. The van der Waals surface area contributed by atoms with Gasteiger partial charge < -0.3 is 9.84 Å². The number of hydrogen-bond donors (Lipinski definition) is 2. The van der Waals surface area contributed by atoms with Crippen molar-refractivity contribution in [3.8, 4) is 11.6 Å². The van der Waals surface area contributed by atoms with Gasteiger partial charge in [0.2, 0.25) is 17.6 Å². The van der Waals surface area contributed by atoms with Gasteiger partial charge in [0.1, 0.15) is 6.33 Å². The van der Waals surface area contributed by atoms with Crippen molar-refractivity contribution < 1.29 is 22.5 Å². The van der Waals surface area contributed by atoms with Crippen molar-refractivity contribution in [3.05, 3.63) is 47.6 Å². The Morgan fingerprint density at radius 3 is 2.63 bits per heavy atom. The molecule has 0 saturated carbocycles. The number of carbonyl (C=O) groups is 1. The number of nitrogens with one attached hydrogen (secondary N) is 2. The van der Waals surface area contributed by atoms with E-state index in [4.69, 9.17) is 4.52 Å². The lowest BCUT2D eigenvalue weighted by molar-refractivity contribution is -0.137. The molecular formula is C16H15F3N6O2. The number of benzene rings is 1. The van der Waals surface area contributed by atoms with Crippen molar-refractivity contribution in [1.82, 2.24) is 30.6 Å². The Morgan fingerprint density at radius 2 is 1.96 bits per heavy atom. The highest BCUT2D eigenvalue weighted by atomic mass is 19.4. The summed E-state index contributed by atoms with van der Waals surface area (Å²) in [5, 5.41) is 12.7. The van der Waals surface area contributed by atoms with Crippen LogP contribution >= 0.6 is 0 Å². The summed E-state index contributed by atoms with van der Waals surface area (Å²) in [6.07, 6.45) is -2.21. The Kier molecular flexibility index (Phi) is 5.48. The molecule has 0 fully saturated rings. The minimum Gasteiger partial charge on any atom is -0.356 e. The number of aromatic amines is 1. The molecule has 0 bridgehead atoms. The van der Waals surface area contributed by atoms with E-state index in [0.717, 1.165) is 12.1 Å². The minimum atomic E-state index is -4.35. The topological polar surface area (TPSA) is 110 Å². The van der Waals surface area contributed by atoms with Crippen LogP contribution in [0.2, 0.25) is 0 Å². The van der Waals surface area contributed by atoms with E-state index < -0.39 is 11.7 Å². The largest absolute Gasteiger partial charge is 0.416 e. The molecule has 0 saturated heterocycles. The Labute approximate surface area is 151 Å². The average molecular weight is 380 g/mol. The standard InChI is InChI=1S/C16H15F3N6O2/c17-16(18,19)11-3-1-10(2-4-11)7-8-20-12(26)5-6-13-23-15(25-27-13)14-21-9-22-24-14/h1-4,9H,5-8H2,(H,20,26)(H,21,22,24). The lowest BCUT2D eigenvalue weighted by Crippen LogP contribution is -2.25. The molecule has 2 heterocycles. The van der Waals surface area contributed by atoms with Gasteiger partial charge in [0, 0.05) is 19.4 Å². The molecule has 8 nitrogen and oxygen atoms in total. The smallest absolute Gasteiger partial charge is 0.356 e. The van der Waals surface area contributed by atoms with E-state index in [1.165, 1.54) is 18.5 Å². The number of halogens is 3. The van der Waals surface area contributed by atoms with E-state index in [0.29, 0.717) is 30.2 Å². The lowest BCUT2D eigenvalue weighted by Gasteiger charge is -2.08. The zero-order valence-corrected chi connectivity index (χ0v) is 14.0. The van der Waals surface area contributed by atoms with Crippen molar-refractivity contribution in [2.24, 2.45) is 0 Å². The molecule has 1 aromatic carbocycles. The fourth-order valence-electron chi connectivity index (χ4n) is 2.28. The molecule has 142 valence electrons. The summed E-state index contributed by atoms with van der Waals surface area (Å²) in [6, 6.07) is 4.86. The van der Waals surface area contributed by atoms with Crippen LogP contribution in [-0.4, -0.2) is 37.8 Å². The summed E-state index contributed by atoms with van der Waals surface area (Å²) in [5.41, 5.74) is 0.0106. The van der Waals surface area contributed by atoms with Crippen molar-refractivity contribution >= 4 is 5.91 Å². The van der Waals surface area contributed by atoms with Gasteiger partial charge in [-0.2, -0.15) is 23.3 Å². The molecule has 0 atom stereocenters. The number of amides is 1. The maximum atomic E-state index is 12.5. The Morgan fingerprint density at radius 1 is 1.19 bits per heavy atom. The van der Waals surface area contributed by atoms with E-state index in [-0.39, 0.29) is 24.6 Å². The van der Waals surface area contributed by atoms with Gasteiger partial charge in [-0.15, -0.1) is 0 Å². The van der Waals surface area contributed by atoms with Crippen molar-refractivity contribution in [3.63, 3.8) is 0 Å². The van der Waals surface area contributed by atoms with Gasteiger partial charge in [0.05, 0.1) is 5.56 Å². The van der Waals surface area contributed by atoms with Gasteiger partial charge in [-0.05, 0) is 24.1 Å². The average Bonchev–Trinajstić information content (AvgIpc) is 3.31. The highest BCUT2D eigenvalue weighted by Crippen LogP contribution is 2.29. The highest BCUT2D eigenvalue weighted by molar-refractivity contribution is 5.76. The van der Waals surface area contributed by atoms with Crippen LogP contribution in [0.15, 0.2) is 35.1 Å². The predicted molar refractivity (Wildman–Crippen MR) is 86.2 cm³/mol. The Bertz CT molecular complexity index is 874. The maximum absolute atomic E-state index is 12.5.